The van der Waals surface area contributed by atoms with Crippen LogP contribution < -0.4 is 4.74 Å². The van der Waals surface area contributed by atoms with Gasteiger partial charge < -0.3 is 19.5 Å². The van der Waals surface area contributed by atoms with Crippen molar-refractivity contribution in [1.29, 1.82) is 0 Å². The lowest BCUT2D eigenvalue weighted by Gasteiger charge is -2.39. The first-order valence-electron chi connectivity index (χ1n) is 7.29. The summed E-state index contributed by atoms with van der Waals surface area (Å²) in [5.41, 5.74) is -0.326. The molecule has 1 heterocycles. The zero-order valence-electron chi connectivity index (χ0n) is 13.3. The van der Waals surface area contributed by atoms with Gasteiger partial charge in [-0.3, -0.25) is 0 Å². The van der Waals surface area contributed by atoms with E-state index in [4.69, 9.17) is 14.6 Å². The van der Waals surface area contributed by atoms with Crippen molar-refractivity contribution < 1.29 is 24.2 Å². The van der Waals surface area contributed by atoms with Crippen molar-refractivity contribution in [3.05, 3.63) is 28.2 Å². The smallest absolute Gasteiger partial charge is 0.410 e. The summed E-state index contributed by atoms with van der Waals surface area (Å²) in [5, 5.41) is 8.99. The van der Waals surface area contributed by atoms with Crippen LogP contribution in [-0.2, 0) is 4.74 Å². The number of hydrogen-bond donors (Lipinski definition) is 1. The van der Waals surface area contributed by atoms with E-state index < -0.39 is 11.6 Å². The van der Waals surface area contributed by atoms with Crippen molar-refractivity contribution in [3.63, 3.8) is 0 Å². The Labute approximate surface area is 143 Å². The second kappa shape index (κ2) is 6.78. The van der Waals surface area contributed by atoms with Crippen LogP contribution in [0.5, 0.6) is 5.75 Å². The number of amides is 1. The first-order chi connectivity index (χ1) is 10.7. The monoisotopic (exact) mass is 385 g/mol. The van der Waals surface area contributed by atoms with Crippen LogP contribution in [0.15, 0.2) is 22.7 Å². The van der Waals surface area contributed by atoms with Crippen molar-refractivity contribution in [2.24, 2.45) is 5.92 Å². The number of likely N-dealkylation sites (tertiary alicyclic amines) is 1. The number of carbonyl (C=O) groups is 2. The van der Waals surface area contributed by atoms with E-state index in [0.29, 0.717) is 29.9 Å². The van der Waals surface area contributed by atoms with E-state index in [1.165, 1.54) is 12.1 Å². The quantitative estimate of drug-likeness (QED) is 0.859. The Morgan fingerprint density at radius 3 is 2.57 bits per heavy atom. The largest absolute Gasteiger partial charge is 0.492 e. The molecule has 0 atom stereocenters. The van der Waals surface area contributed by atoms with Crippen LogP contribution in [0.1, 0.15) is 31.1 Å². The summed E-state index contributed by atoms with van der Waals surface area (Å²) >= 11 is 3.34. The van der Waals surface area contributed by atoms with Gasteiger partial charge in [0.2, 0.25) is 0 Å². The van der Waals surface area contributed by atoms with Gasteiger partial charge in [-0.25, -0.2) is 9.59 Å². The van der Waals surface area contributed by atoms with E-state index in [1.807, 2.05) is 20.8 Å². The number of ether oxygens (including phenoxy) is 2. The number of carboxylic acids is 1. The second-order valence-corrected chi connectivity index (χ2v) is 7.37. The molecule has 1 fully saturated rings. The number of carboxylic acid groups (broad SMARTS) is 1. The minimum absolute atomic E-state index is 0.173. The van der Waals surface area contributed by atoms with Gasteiger partial charge in [-0.15, -0.1) is 0 Å². The van der Waals surface area contributed by atoms with Crippen molar-refractivity contribution >= 4 is 28.0 Å². The Balaban J connectivity index is 1.82. The van der Waals surface area contributed by atoms with Gasteiger partial charge in [0.05, 0.1) is 16.6 Å². The minimum atomic E-state index is -0.998. The molecule has 0 aromatic heterocycles. The van der Waals surface area contributed by atoms with E-state index >= 15 is 0 Å². The molecule has 6 nitrogen and oxygen atoms in total. The molecule has 0 unspecified atom stereocenters. The zero-order valence-corrected chi connectivity index (χ0v) is 14.9. The molecule has 7 heteroatoms. The number of benzene rings is 1. The molecule has 23 heavy (non-hydrogen) atoms. The van der Waals surface area contributed by atoms with Gasteiger partial charge >= 0.3 is 12.1 Å². The van der Waals surface area contributed by atoms with Crippen LogP contribution in [0.4, 0.5) is 4.79 Å². The summed E-state index contributed by atoms with van der Waals surface area (Å²) in [6.45, 7) is 7.06. The Morgan fingerprint density at radius 2 is 2.00 bits per heavy atom. The molecule has 1 N–H and O–H groups in total. The number of halogens is 1. The van der Waals surface area contributed by atoms with Gasteiger partial charge in [0.25, 0.3) is 0 Å². The van der Waals surface area contributed by atoms with E-state index in [-0.39, 0.29) is 17.6 Å². The molecule has 1 amide bonds. The van der Waals surface area contributed by atoms with E-state index in [2.05, 4.69) is 15.9 Å². The lowest BCUT2D eigenvalue weighted by molar-refractivity contribution is -0.00789. The summed E-state index contributed by atoms with van der Waals surface area (Å²) in [6.07, 6.45) is -0.317. The summed E-state index contributed by atoms with van der Waals surface area (Å²) < 4.78 is 11.7. The Hall–Kier alpha value is -1.76. The van der Waals surface area contributed by atoms with Crippen LogP contribution in [-0.4, -0.2) is 47.4 Å². The number of nitrogens with zero attached hydrogens (tertiary/aromatic N) is 1. The van der Waals surface area contributed by atoms with Gasteiger partial charge in [-0.05, 0) is 54.9 Å². The van der Waals surface area contributed by atoms with Gasteiger partial charge in [0, 0.05) is 19.0 Å². The Kier molecular flexibility index (Phi) is 5.19. The molecule has 2 rings (SSSR count). The second-order valence-electron chi connectivity index (χ2n) is 6.51. The summed E-state index contributed by atoms with van der Waals surface area (Å²) in [6, 6.07) is 4.64. The van der Waals surface area contributed by atoms with Crippen LogP contribution in [0.25, 0.3) is 0 Å². The van der Waals surface area contributed by atoms with Crippen molar-refractivity contribution in [1.82, 2.24) is 4.90 Å². The van der Waals surface area contributed by atoms with Crippen molar-refractivity contribution in [2.45, 2.75) is 26.4 Å². The van der Waals surface area contributed by atoms with Gasteiger partial charge in [-0.1, -0.05) is 0 Å². The van der Waals surface area contributed by atoms with Crippen LogP contribution in [0.3, 0.4) is 0 Å². The lowest BCUT2D eigenvalue weighted by Crippen LogP contribution is -2.53. The SMILES string of the molecule is CC(C)(C)OC(=O)N1CC(COc2cc(C(=O)O)ccc2Br)C1. The summed E-state index contributed by atoms with van der Waals surface area (Å²) in [4.78, 5) is 24.4. The fourth-order valence-electron chi connectivity index (χ4n) is 2.11. The topological polar surface area (TPSA) is 76.1 Å². The maximum Gasteiger partial charge on any atom is 0.410 e. The summed E-state index contributed by atoms with van der Waals surface area (Å²) in [5.74, 6) is -0.300. The maximum atomic E-state index is 11.8. The summed E-state index contributed by atoms with van der Waals surface area (Å²) in [7, 11) is 0. The highest BCUT2D eigenvalue weighted by Crippen LogP contribution is 2.28. The van der Waals surface area contributed by atoms with E-state index in [9.17, 15) is 9.59 Å². The third-order valence-electron chi connectivity index (χ3n) is 3.26. The highest BCUT2D eigenvalue weighted by molar-refractivity contribution is 9.10. The minimum Gasteiger partial charge on any atom is -0.492 e. The van der Waals surface area contributed by atoms with E-state index in [0.717, 1.165) is 0 Å². The number of aromatic carboxylic acids is 1. The average molecular weight is 386 g/mol. The number of hydrogen-bond acceptors (Lipinski definition) is 4. The predicted molar refractivity (Wildman–Crippen MR) is 87.9 cm³/mol. The Morgan fingerprint density at radius 1 is 1.35 bits per heavy atom. The molecule has 1 aliphatic heterocycles. The molecule has 0 radical (unpaired) electrons. The molecular formula is C16H20BrNO5. The third kappa shape index (κ3) is 4.86. The van der Waals surface area contributed by atoms with Crippen LogP contribution in [0.2, 0.25) is 0 Å². The fourth-order valence-corrected chi connectivity index (χ4v) is 2.47. The standard InChI is InChI=1S/C16H20BrNO5/c1-16(2,3)23-15(21)18-7-10(8-18)9-22-13-6-11(14(19)20)4-5-12(13)17/h4-6,10H,7-9H2,1-3H3,(H,19,20). The first-order valence-corrected chi connectivity index (χ1v) is 8.08. The van der Waals surface area contributed by atoms with Crippen molar-refractivity contribution in [2.75, 3.05) is 19.7 Å². The highest BCUT2D eigenvalue weighted by Gasteiger charge is 2.34. The molecular weight excluding hydrogens is 366 g/mol. The number of rotatable bonds is 4. The van der Waals surface area contributed by atoms with Crippen LogP contribution in [0, 0.1) is 5.92 Å². The molecule has 1 saturated heterocycles. The zero-order chi connectivity index (χ0) is 17.2. The highest BCUT2D eigenvalue weighted by atomic mass is 79.9. The average Bonchev–Trinajstić information content (AvgIpc) is 2.36. The molecule has 126 valence electrons. The van der Waals surface area contributed by atoms with Gasteiger partial charge in [-0.2, -0.15) is 0 Å². The molecule has 0 spiro atoms. The van der Waals surface area contributed by atoms with Crippen LogP contribution >= 0.6 is 15.9 Å². The predicted octanol–water partition coefficient (Wildman–Crippen LogP) is 3.39. The molecule has 1 aromatic rings. The normalized spacial score (nSPS) is 15.0. The van der Waals surface area contributed by atoms with Gasteiger partial charge in [0.1, 0.15) is 11.4 Å². The molecule has 1 aromatic carbocycles. The number of carbonyl (C=O) groups excluding carboxylic acids is 1. The maximum absolute atomic E-state index is 11.8. The van der Waals surface area contributed by atoms with Crippen molar-refractivity contribution in [3.8, 4) is 5.75 Å². The first kappa shape index (κ1) is 17.6. The third-order valence-corrected chi connectivity index (χ3v) is 3.92. The lowest BCUT2D eigenvalue weighted by atomic mass is 10.0. The fraction of sp³-hybridized carbons (Fsp3) is 0.500. The molecule has 0 saturated carbocycles. The molecule has 0 bridgehead atoms. The van der Waals surface area contributed by atoms with E-state index in [1.54, 1.807) is 11.0 Å². The Bertz CT molecular complexity index is 605. The van der Waals surface area contributed by atoms with Gasteiger partial charge in [0.15, 0.2) is 0 Å². The molecule has 1 aliphatic rings. The molecule has 0 aliphatic carbocycles.